The molecule has 6 nitrogen and oxygen atoms in total. The molecule has 3 aromatic rings. The maximum absolute atomic E-state index is 13.6. The number of benzene rings is 2. The van der Waals surface area contributed by atoms with E-state index in [1.54, 1.807) is 16.4 Å². The molecule has 2 heterocycles. The number of hydrogen-bond acceptors (Lipinski definition) is 4. The molecule has 7 heteroatoms. The molecule has 2 aliphatic rings. The van der Waals surface area contributed by atoms with E-state index in [0.29, 0.717) is 37.2 Å². The minimum Gasteiger partial charge on any atom is -0.294 e. The Morgan fingerprint density at radius 2 is 1.74 bits per heavy atom. The van der Waals surface area contributed by atoms with E-state index < -0.39 is 16.1 Å². The number of aryl methyl sites for hydroxylation is 1. The molecule has 1 atom stereocenters. The average Bonchev–Trinajstić information content (AvgIpc) is 3.40. The second-order valence-corrected chi connectivity index (χ2v) is 12.3. The molecule has 0 radical (unpaired) electrons. The van der Waals surface area contributed by atoms with Crippen LogP contribution in [0.5, 0.6) is 0 Å². The van der Waals surface area contributed by atoms with E-state index in [1.807, 2.05) is 54.1 Å². The first-order chi connectivity index (χ1) is 16.2. The van der Waals surface area contributed by atoms with Crippen molar-refractivity contribution in [3.05, 3.63) is 82.7 Å². The second kappa shape index (κ2) is 8.47. The van der Waals surface area contributed by atoms with E-state index in [1.165, 1.54) is 0 Å². The van der Waals surface area contributed by atoms with Crippen molar-refractivity contribution in [2.45, 2.75) is 63.9 Å². The maximum atomic E-state index is 13.6. The Balaban J connectivity index is 1.59. The average molecular weight is 478 g/mol. The zero-order valence-corrected chi connectivity index (χ0v) is 20.8. The lowest BCUT2D eigenvalue weighted by atomic mass is 9.75. The van der Waals surface area contributed by atoms with Crippen molar-refractivity contribution in [3.8, 4) is 0 Å². The van der Waals surface area contributed by atoms with Gasteiger partial charge in [0.15, 0.2) is 5.78 Å². The zero-order chi connectivity index (χ0) is 24.1. The fourth-order valence-electron chi connectivity index (χ4n) is 5.31. The molecule has 0 unspecified atom stereocenters. The molecule has 0 amide bonds. The van der Waals surface area contributed by atoms with Crippen LogP contribution in [0.1, 0.15) is 72.0 Å². The van der Waals surface area contributed by atoms with Crippen molar-refractivity contribution < 1.29 is 13.2 Å². The number of ketones is 1. The van der Waals surface area contributed by atoms with Gasteiger partial charge in [-0.1, -0.05) is 61.9 Å². The number of rotatable bonds is 5. The molecule has 34 heavy (non-hydrogen) atoms. The fourth-order valence-corrected chi connectivity index (χ4v) is 6.97. The first kappa shape index (κ1) is 23.0. The second-order valence-electron chi connectivity index (χ2n) is 10.4. The van der Waals surface area contributed by atoms with Gasteiger partial charge >= 0.3 is 0 Å². The molecule has 0 spiro atoms. The SMILES string of the molecule is Cc1ccc(S(=O)(=O)N2CCC[C@H]2c2nn(Cc3ccccc3)c3c2C(=O)CC(C)(C)C3)cc1. The lowest BCUT2D eigenvalue weighted by Crippen LogP contribution is -2.33. The van der Waals surface area contributed by atoms with Crippen molar-refractivity contribution in [2.24, 2.45) is 5.41 Å². The number of carbonyl (C=O) groups is 1. The summed E-state index contributed by atoms with van der Waals surface area (Å²) < 4.78 is 30.7. The number of aromatic nitrogens is 2. The minimum absolute atomic E-state index is 0.0696. The lowest BCUT2D eigenvalue weighted by molar-refractivity contribution is 0.0908. The highest BCUT2D eigenvalue weighted by Crippen LogP contribution is 2.43. The Hall–Kier alpha value is -2.77. The van der Waals surface area contributed by atoms with Crippen LogP contribution in [-0.4, -0.2) is 34.8 Å². The van der Waals surface area contributed by atoms with Gasteiger partial charge in [0.2, 0.25) is 10.0 Å². The number of hydrogen-bond donors (Lipinski definition) is 0. The van der Waals surface area contributed by atoms with Crippen molar-refractivity contribution in [1.82, 2.24) is 14.1 Å². The monoisotopic (exact) mass is 477 g/mol. The summed E-state index contributed by atoms with van der Waals surface area (Å²) in [5.41, 5.74) is 4.16. The first-order valence-corrected chi connectivity index (χ1v) is 13.3. The summed E-state index contributed by atoms with van der Waals surface area (Å²) in [6.45, 7) is 7.15. The standard InChI is InChI=1S/C27H31N3O3S/c1-19-11-13-21(14-12-19)34(32,33)30-15-7-10-22(30)26-25-23(16-27(2,3)17-24(25)31)29(28-26)18-20-8-5-4-6-9-20/h4-6,8-9,11-14,22H,7,10,15-18H2,1-3H3/t22-/m0/s1. The summed E-state index contributed by atoms with van der Waals surface area (Å²) in [6, 6.07) is 16.6. The third-order valence-electron chi connectivity index (χ3n) is 6.97. The third kappa shape index (κ3) is 4.12. The van der Waals surface area contributed by atoms with E-state index in [4.69, 9.17) is 5.10 Å². The van der Waals surface area contributed by atoms with Gasteiger partial charge in [-0.3, -0.25) is 9.48 Å². The predicted octanol–water partition coefficient (Wildman–Crippen LogP) is 4.92. The van der Waals surface area contributed by atoms with Gasteiger partial charge in [0.25, 0.3) is 0 Å². The molecule has 1 aromatic heterocycles. The highest BCUT2D eigenvalue weighted by molar-refractivity contribution is 7.89. The molecule has 1 aliphatic heterocycles. The molecule has 1 fully saturated rings. The highest BCUT2D eigenvalue weighted by Gasteiger charge is 2.43. The quantitative estimate of drug-likeness (QED) is 0.523. The molecule has 5 rings (SSSR count). The summed E-state index contributed by atoms with van der Waals surface area (Å²) in [5.74, 6) is 0.0696. The van der Waals surface area contributed by atoms with Crippen LogP contribution in [0.15, 0.2) is 59.5 Å². The molecule has 0 saturated carbocycles. The number of sulfonamides is 1. The molecule has 0 N–H and O–H groups in total. The van der Waals surface area contributed by atoms with Crippen molar-refractivity contribution in [1.29, 1.82) is 0 Å². The third-order valence-corrected chi connectivity index (χ3v) is 8.89. The van der Waals surface area contributed by atoms with Crippen molar-refractivity contribution in [2.75, 3.05) is 6.54 Å². The minimum atomic E-state index is -3.70. The van der Waals surface area contributed by atoms with Crippen LogP contribution in [0.3, 0.4) is 0 Å². The summed E-state index contributed by atoms with van der Waals surface area (Å²) >= 11 is 0. The van der Waals surface area contributed by atoms with Crippen LogP contribution in [0.2, 0.25) is 0 Å². The van der Waals surface area contributed by atoms with Gasteiger partial charge in [-0.25, -0.2) is 8.42 Å². The molecule has 1 aliphatic carbocycles. The van der Waals surface area contributed by atoms with Crippen molar-refractivity contribution in [3.63, 3.8) is 0 Å². The van der Waals surface area contributed by atoms with Gasteiger partial charge in [0.05, 0.1) is 34.4 Å². The van der Waals surface area contributed by atoms with Crippen LogP contribution in [0.25, 0.3) is 0 Å². The Kier molecular flexibility index (Phi) is 5.73. The van der Waals surface area contributed by atoms with E-state index in [0.717, 1.165) is 29.7 Å². The largest absolute Gasteiger partial charge is 0.294 e. The fraction of sp³-hybridized carbons (Fsp3) is 0.407. The van der Waals surface area contributed by atoms with Gasteiger partial charge in [-0.05, 0) is 49.3 Å². The number of Topliss-reactive ketones (excluding diaryl/α,β-unsaturated/α-hetero) is 1. The topological polar surface area (TPSA) is 72.3 Å². The molecular formula is C27H31N3O3S. The number of nitrogens with zero attached hydrogens (tertiary/aromatic N) is 3. The zero-order valence-electron chi connectivity index (χ0n) is 20.0. The maximum Gasteiger partial charge on any atom is 0.243 e. The summed E-state index contributed by atoms with van der Waals surface area (Å²) in [6.07, 6.45) is 2.60. The van der Waals surface area contributed by atoms with Gasteiger partial charge in [0.1, 0.15) is 0 Å². The normalized spacial score (nSPS) is 20.4. The smallest absolute Gasteiger partial charge is 0.243 e. The Morgan fingerprint density at radius 1 is 1.03 bits per heavy atom. The van der Waals surface area contributed by atoms with E-state index in [2.05, 4.69) is 13.8 Å². The van der Waals surface area contributed by atoms with Gasteiger partial charge < -0.3 is 0 Å². The van der Waals surface area contributed by atoms with Crippen molar-refractivity contribution >= 4 is 15.8 Å². The van der Waals surface area contributed by atoms with Gasteiger partial charge in [-0.15, -0.1) is 0 Å². The van der Waals surface area contributed by atoms with E-state index in [-0.39, 0.29) is 16.1 Å². The Labute approximate surface area is 201 Å². The predicted molar refractivity (Wildman–Crippen MR) is 131 cm³/mol. The van der Waals surface area contributed by atoms with Crippen LogP contribution in [0, 0.1) is 12.3 Å². The summed E-state index contributed by atoms with van der Waals surface area (Å²) in [4.78, 5) is 13.7. The number of fused-ring (bicyclic) bond motifs is 1. The molecule has 178 valence electrons. The highest BCUT2D eigenvalue weighted by atomic mass is 32.2. The van der Waals surface area contributed by atoms with Gasteiger partial charge in [-0.2, -0.15) is 9.40 Å². The first-order valence-electron chi connectivity index (χ1n) is 11.9. The Bertz CT molecular complexity index is 1330. The molecule has 0 bridgehead atoms. The van der Waals surface area contributed by atoms with E-state index in [9.17, 15) is 13.2 Å². The van der Waals surface area contributed by atoms with Crippen LogP contribution in [-0.2, 0) is 23.0 Å². The Morgan fingerprint density at radius 3 is 2.44 bits per heavy atom. The van der Waals surface area contributed by atoms with E-state index >= 15 is 0 Å². The van der Waals surface area contributed by atoms with Crippen LogP contribution >= 0.6 is 0 Å². The van der Waals surface area contributed by atoms with Gasteiger partial charge in [0, 0.05) is 13.0 Å². The summed E-state index contributed by atoms with van der Waals surface area (Å²) in [5, 5.41) is 4.95. The molecule has 2 aromatic carbocycles. The van der Waals surface area contributed by atoms with Crippen LogP contribution < -0.4 is 0 Å². The summed E-state index contributed by atoms with van der Waals surface area (Å²) in [7, 11) is -3.70. The molecular weight excluding hydrogens is 446 g/mol. The lowest BCUT2D eigenvalue weighted by Gasteiger charge is -2.30. The molecule has 1 saturated heterocycles. The number of carbonyl (C=O) groups excluding carboxylic acids is 1. The van der Waals surface area contributed by atoms with Crippen LogP contribution in [0.4, 0.5) is 0 Å².